The predicted molar refractivity (Wildman–Crippen MR) is 74.1 cm³/mol. The number of anilines is 2. The van der Waals surface area contributed by atoms with Crippen LogP contribution in [-0.4, -0.2) is 6.61 Å². The molecule has 0 aliphatic heterocycles. The van der Waals surface area contributed by atoms with Gasteiger partial charge in [0.05, 0.1) is 12.3 Å². The molecule has 1 aromatic rings. The van der Waals surface area contributed by atoms with Gasteiger partial charge in [0.25, 0.3) is 0 Å². The van der Waals surface area contributed by atoms with Crippen LogP contribution < -0.4 is 16.2 Å². The fourth-order valence-electron chi connectivity index (χ4n) is 1.78. The van der Waals surface area contributed by atoms with Gasteiger partial charge in [-0.15, -0.1) is 0 Å². The Hall–Kier alpha value is -1.38. The molecule has 0 aromatic heterocycles. The van der Waals surface area contributed by atoms with Crippen molar-refractivity contribution in [1.29, 1.82) is 0 Å². The number of hydrogen-bond donors (Lipinski definition) is 2. The first-order valence-electron chi connectivity index (χ1n) is 6.45. The van der Waals surface area contributed by atoms with E-state index in [0.29, 0.717) is 23.0 Å². The Morgan fingerprint density at radius 1 is 1.24 bits per heavy atom. The third-order valence-corrected chi connectivity index (χ3v) is 3.06. The summed E-state index contributed by atoms with van der Waals surface area (Å²) in [7, 11) is 0. The lowest BCUT2D eigenvalue weighted by Gasteiger charge is -2.16. The summed E-state index contributed by atoms with van der Waals surface area (Å²) in [6.45, 7) is 5.14. The van der Waals surface area contributed by atoms with Crippen molar-refractivity contribution >= 4 is 11.4 Å². The van der Waals surface area contributed by atoms with E-state index in [1.165, 1.54) is 19.3 Å². The van der Waals surface area contributed by atoms with Crippen LogP contribution in [0.5, 0.6) is 5.75 Å². The fourth-order valence-corrected chi connectivity index (χ4v) is 1.78. The molecule has 0 heterocycles. The zero-order valence-corrected chi connectivity index (χ0v) is 10.9. The van der Waals surface area contributed by atoms with E-state index >= 15 is 0 Å². The van der Waals surface area contributed by atoms with Crippen molar-refractivity contribution in [2.45, 2.75) is 39.5 Å². The van der Waals surface area contributed by atoms with Crippen LogP contribution in [0.25, 0.3) is 0 Å². The van der Waals surface area contributed by atoms with Crippen molar-refractivity contribution in [3.63, 3.8) is 0 Å². The molecule has 1 atom stereocenters. The number of nitrogens with two attached hydrogens (primary N) is 2. The highest BCUT2D eigenvalue weighted by Crippen LogP contribution is 2.25. The van der Waals surface area contributed by atoms with E-state index in [-0.39, 0.29) is 0 Å². The molecule has 0 radical (unpaired) electrons. The number of unbranched alkanes of at least 4 members (excludes halogenated alkanes) is 1. The molecule has 0 saturated carbocycles. The number of ether oxygens (including phenoxy) is 1. The topological polar surface area (TPSA) is 61.3 Å². The Balaban J connectivity index is 2.50. The zero-order valence-electron chi connectivity index (χ0n) is 10.9. The molecule has 0 bridgehead atoms. The maximum Gasteiger partial charge on any atom is 0.144 e. The van der Waals surface area contributed by atoms with Gasteiger partial charge in [0, 0.05) is 11.8 Å². The minimum absolute atomic E-state index is 0.607. The first kappa shape index (κ1) is 13.7. The number of benzene rings is 1. The molecule has 0 aliphatic carbocycles. The van der Waals surface area contributed by atoms with Crippen molar-refractivity contribution in [3.8, 4) is 5.75 Å². The van der Waals surface area contributed by atoms with Crippen LogP contribution in [-0.2, 0) is 0 Å². The smallest absolute Gasteiger partial charge is 0.144 e. The Morgan fingerprint density at radius 3 is 2.65 bits per heavy atom. The Labute approximate surface area is 104 Å². The van der Waals surface area contributed by atoms with E-state index in [4.69, 9.17) is 16.2 Å². The van der Waals surface area contributed by atoms with Crippen LogP contribution in [0.2, 0.25) is 0 Å². The number of hydrogen-bond acceptors (Lipinski definition) is 3. The van der Waals surface area contributed by atoms with Crippen molar-refractivity contribution < 1.29 is 4.74 Å². The largest absolute Gasteiger partial charge is 0.491 e. The lowest BCUT2D eigenvalue weighted by Crippen LogP contribution is -2.12. The monoisotopic (exact) mass is 236 g/mol. The van der Waals surface area contributed by atoms with Crippen molar-refractivity contribution in [3.05, 3.63) is 18.2 Å². The van der Waals surface area contributed by atoms with Gasteiger partial charge in [0.15, 0.2) is 0 Å². The van der Waals surface area contributed by atoms with Crippen LogP contribution in [0.4, 0.5) is 11.4 Å². The predicted octanol–water partition coefficient (Wildman–Crippen LogP) is 3.45. The average molecular weight is 236 g/mol. The lowest BCUT2D eigenvalue weighted by atomic mass is 10.0. The van der Waals surface area contributed by atoms with E-state index in [0.717, 1.165) is 13.0 Å². The Bertz CT molecular complexity index is 339. The molecule has 1 aromatic carbocycles. The molecule has 0 spiro atoms. The van der Waals surface area contributed by atoms with Gasteiger partial charge in [-0.25, -0.2) is 0 Å². The quantitative estimate of drug-likeness (QED) is 0.713. The van der Waals surface area contributed by atoms with Crippen LogP contribution in [0, 0.1) is 5.92 Å². The first-order chi connectivity index (χ1) is 8.17. The molecule has 0 fully saturated rings. The highest BCUT2D eigenvalue weighted by molar-refractivity contribution is 5.59. The van der Waals surface area contributed by atoms with E-state index in [1.807, 2.05) is 0 Å². The molecule has 0 aliphatic rings. The lowest BCUT2D eigenvalue weighted by molar-refractivity contribution is 0.234. The van der Waals surface area contributed by atoms with Gasteiger partial charge in [0.2, 0.25) is 0 Å². The molecule has 1 rings (SSSR count). The second-order valence-electron chi connectivity index (χ2n) is 4.52. The molecular weight excluding hydrogens is 212 g/mol. The fraction of sp³-hybridized carbons (Fsp3) is 0.571. The Morgan fingerprint density at radius 2 is 2.00 bits per heavy atom. The minimum Gasteiger partial charge on any atom is -0.491 e. The second-order valence-corrected chi connectivity index (χ2v) is 4.52. The summed E-state index contributed by atoms with van der Waals surface area (Å²) in [6, 6.07) is 5.37. The molecule has 0 saturated heterocycles. The van der Waals surface area contributed by atoms with E-state index in [2.05, 4.69) is 13.8 Å². The summed E-state index contributed by atoms with van der Waals surface area (Å²) in [5.74, 6) is 1.32. The third-order valence-electron chi connectivity index (χ3n) is 3.06. The Kier molecular flexibility index (Phi) is 5.67. The summed E-state index contributed by atoms with van der Waals surface area (Å²) in [5.41, 5.74) is 12.9. The third kappa shape index (κ3) is 4.55. The molecule has 4 N–H and O–H groups in total. The number of nitrogen functional groups attached to an aromatic ring is 2. The zero-order chi connectivity index (χ0) is 12.7. The summed E-state index contributed by atoms with van der Waals surface area (Å²) in [4.78, 5) is 0. The van der Waals surface area contributed by atoms with E-state index < -0.39 is 0 Å². The normalized spacial score (nSPS) is 12.4. The minimum atomic E-state index is 0.607. The van der Waals surface area contributed by atoms with Crippen LogP contribution >= 0.6 is 0 Å². The maximum absolute atomic E-state index is 5.84. The van der Waals surface area contributed by atoms with Gasteiger partial charge in [-0.2, -0.15) is 0 Å². The van der Waals surface area contributed by atoms with Gasteiger partial charge in [-0.05, 0) is 24.5 Å². The highest BCUT2D eigenvalue weighted by Gasteiger charge is 2.08. The van der Waals surface area contributed by atoms with E-state index in [9.17, 15) is 0 Å². The summed E-state index contributed by atoms with van der Waals surface area (Å²) < 4.78 is 5.76. The molecule has 3 nitrogen and oxygen atoms in total. The average Bonchev–Trinajstić information content (AvgIpc) is 2.33. The van der Waals surface area contributed by atoms with Gasteiger partial charge in [0.1, 0.15) is 5.75 Å². The second kappa shape index (κ2) is 7.05. The first-order valence-corrected chi connectivity index (χ1v) is 6.45. The van der Waals surface area contributed by atoms with Crippen LogP contribution in [0.1, 0.15) is 39.5 Å². The number of rotatable bonds is 7. The van der Waals surface area contributed by atoms with Crippen LogP contribution in [0.3, 0.4) is 0 Å². The standard InChI is InChI=1S/C14H24N2O/c1-3-5-6-11(4-2)10-17-14-9-12(15)7-8-13(14)16/h7-9,11H,3-6,10,15-16H2,1-2H3. The molecule has 3 heteroatoms. The van der Waals surface area contributed by atoms with Crippen molar-refractivity contribution in [1.82, 2.24) is 0 Å². The van der Waals surface area contributed by atoms with Crippen molar-refractivity contribution in [2.75, 3.05) is 18.1 Å². The van der Waals surface area contributed by atoms with Crippen molar-refractivity contribution in [2.24, 2.45) is 5.92 Å². The molecular formula is C14H24N2O. The van der Waals surface area contributed by atoms with Crippen LogP contribution in [0.15, 0.2) is 18.2 Å². The molecule has 17 heavy (non-hydrogen) atoms. The summed E-state index contributed by atoms with van der Waals surface area (Å²) in [6.07, 6.45) is 4.85. The summed E-state index contributed by atoms with van der Waals surface area (Å²) in [5, 5.41) is 0. The molecule has 0 amide bonds. The van der Waals surface area contributed by atoms with Gasteiger partial charge in [-0.1, -0.05) is 33.1 Å². The van der Waals surface area contributed by atoms with Gasteiger partial charge < -0.3 is 16.2 Å². The van der Waals surface area contributed by atoms with Gasteiger partial charge >= 0.3 is 0 Å². The van der Waals surface area contributed by atoms with E-state index in [1.54, 1.807) is 18.2 Å². The van der Waals surface area contributed by atoms with Gasteiger partial charge in [-0.3, -0.25) is 0 Å². The summed E-state index contributed by atoms with van der Waals surface area (Å²) >= 11 is 0. The SMILES string of the molecule is CCCCC(CC)COc1cc(N)ccc1N. The highest BCUT2D eigenvalue weighted by atomic mass is 16.5. The molecule has 1 unspecified atom stereocenters. The molecule has 96 valence electrons. The maximum atomic E-state index is 5.84.